The van der Waals surface area contributed by atoms with Crippen molar-refractivity contribution in [3.8, 4) is 0 Å². The summed E-state index contributed by atoms with van der Waals surface area (Å²) in [5.74, 6) is -0.110. The van der Waals surface area contributed by atoms with Crippen molar-refractivity contribution in [3.05, 3.63) is 57.8 Å². The molecule has 1 aromatic carbocycles. The number of carbonyl (C=O) groups excluding carboxylic acids is 1. The Kier molecular flexibility index (Phi) is 4.73. The Morgan fingerprint density at radius 3 is 2.55 bits per heavy atom. The van der Waals surface area contributed by atoms with Crippen molar-refractivity contribution in [2.75, 3.05) is 6.54 Å². The third-order valence-electron chi connectivity index (χ3n) is 2.83. The highest BCUT2D eigenvalue weighted by atomic mass is 32.1. The largest absolute Gasteiger partial charge is 0.409 e. The van der Waals surface area contributed by atoms with Crippen LogP contribution in [0.3, 0.4) is 0 Å². The van der Waals surface area contributed by atoms with Gasteiger partial charge in [-0.05, 0) is 40.9 Å². The predicted octanol–water partition coefficient (Wildman–Crippen LogP) is 1.82. The fourth-order valence-corrected chi connectivity index (χ4v) is 2.41. The van der Waals surface area contributed by atoms with Crippen molar-refractivity contribution < 1.29 is 10.0 Å². The Morgan fingerprint density at radius 2 is 1.95 bits per heavy atom. The number of hydrogen-bond donors (Lipinski definition) is 3. The van der Waals surface area contributed by atoms with Crippen LogP contribution in [0.15, 0.2) is 46.2 Å². The summed E-state index contributed by atoms with van der Waals surface area (Å²) in [6.07, 6.45) is 0.817. The number of amidine groups is 1. The van der Waals surface area contributed by atoms with Crippen molar-refractivity contribution in [3.63, 3.8) is 0 Å². The Balaban J connectivity index is 1.89. The van der Waals surface area contributed by atoms with Gasteiger partial charge in [0.25, 0.3) is 5.91 Å². The summed E-state index contributed by atoms with van der Waals surface area (Å²) in [4.78, 5) is 11.9. The van der Waals surface area contributed by atoms with E-state index in [2.05, 4.69) is 15.9 Å². The maximum absolute atomic E-state index is 11.9. The molecule has 20 heavy (non-hydrogen) atoms. The Hall–Kier alpha value is -2.34. The van der Waals surface area contributed by atoms with Crippen molar-refractivity contribution in [2.45, 2.75) is 6.42 Å². The number of nitrogens with one attached hydrogen (secondary N) is 1. The quantitative estimate of drug-likeness (QED) is 0.339. The number of nitrogens with zero attached hydrogens (tertiary/aromatic N) is 1. The van der Waals surface area contributed by atoms with Crippen LogP contribution in [0.2, 0.25) is 0 Å². The predicted molar refractivity (Wildman–Crippen MR) is 79.3 cm³/mol. The molecule has 0 aliphatic rings. The number of carbonyl (C=O) groups is 1. The fraction of sp³-hybridized carbons (Fsp3) is 0.143. The molecule has 1 amide bonds. The van der Waals surface area contributed by atoms with Gasteiger partial charge in [0, 0.05) is 17.7 Å². The first-order valence-corrected chi connectivity index (χ1v) is 7.02. The molecule has 0 atom stereocenters. The van der Waals surface area contributed by atoms with Crippen LogP contribution in [0.25, 0.3) is 0 Å². The van der Waals surface area contributed by atoms with Gasteiger partial charge in [0.2, 0.25) is 0 Å². The van der Waals surface area contributed by atoms with E-state index < -0.39 is 0 Å². The summed E-state index contributed by atoms with van der Waals surface area (Å²) in [7, 11) is 0. The van der Waals surface area contributed by atoms with Crippen LogP contribution in [0.4, 0.5) is 0 Å². The number of hydrogen-bond acceptors (Lipinski definition) is 4. The van der Waals surface area contributed by atoms with E-state index in [-0.39, 0.29) is 11.7 Å². The SMILES string of the molecule is NC(=NO)c1ccc(C(=O)NCCc2ccsc2)cc1. The van der Waals surface area contributed by atoms with E-state index in [9.17, 15) is 4.79 Å². The fourth-order valence-electron chi connectivity index (χ4n) is 1.71. The second-order valence-corrected chi connectivity index (χ2v) is 4.98. The van der Waals surface area contributed by atoms with E-state index in [1.165, 1.54) is 5.56 Å². The summed E-state index contributed by atoms with van der Waals surface area (Å²) in [5, 5.41) is 18.4. The molecule has 2 aromatic rings. The standard InChI is InChI=1S/C14H15N3O2S/c15-13(17-19)11-1-3-12(4-2-11)14(18)16-7-5-10-6-8-20-9-10/h1-4,6,8-9,19H,5,7H2,(H2,15,17)(H,16,18). The van der Waals surface area contributed by atoms with Crippen molar-refractivity contribution in [1.82, 2.24) is 5.32 Å². The normalized spacial score (nSPS) is 11.3. The molecule has 2 rings (SSSR count). The van der Waals surface area contributed by atoms with E-state index in [1.807, 2.05) is 11.4 Å². The monoisotopic (exact) mass is 289 g/mol. The van der Waals surface area contributed by atoms with Crippen LogP contribution in [0.5, 0.6) is 0 Å². The first-order chi connectivity index (χ1) is 9.70. The highest BCUT2D eigenvalue weighted by Crippen LogP contribution is 2.07. The van der Waals surface area contributed by atoms with Gasteiger partial charge in [0.1, 0.15) is 0 Å². The molecule has 0 unspecified atom stereocenters. The molecule has 0 bridgehead atoms. The Morgan fingerprint density at radius 1 is 1.25 bits per heavy atom. The third kappa shape index (κ3) is 3.58. The number of benzene rings is 1. The number of thiophene rings is 1. The second kappa shape index (κ2) is 6.72. The van der Waals surface area contributed by atoms with Crippen molar-refractivity contribution in [1.29, 1.82) is 0 Å². The average Bonchev–Trinajstić information content (AvgIpc) is 2.99. The van der Waals surface area contributed by atoms with Crippen LogP contribution < -0.4 is 11.1 Å². The molecule has 104 valence electrons. The first kappa shape index (κ1) is 14.1. The number of nitrogens with two attached hydrogens (primary N) is 1. The van der Waals surface area contributed by atoms with Gasteiger partial charge >= 0.3 is 0 Å². The molecule has 0 saturated carbocycles. The minimum atomic E-state index is -0.133. The molecule has 0 radical (unpaired) electrons. The van der Waals surface area contributed by atoms with Crippen molar-refractivity contribution >= 4 is 23.1 Å². The molecule has 4 N–H and O–H groups in total. The minimum absolute atomic E-state index is 0.0226. The summed E-state index contributed by atoms with van der Waals surface area (Å²) in [6, 6.07) is 8.62. The Bertz CT molecular complexity index is 591. The minimum Gasteiger partial charge on any atom is -0.409 e. The zero-order valence-corrected chi connectivity index (χ0v) is 11.6. The molecule has 0 saturated heterocycles. The lowest BCUT2D eigenvalue weighted by Gasteiger charge is -2.05. The lowest BCUT2D eigenvalue weighted by molar-refractivity contribution is 0.0954. The van der Waals surface area contributed by atoms with Crippen LogP contribution in [-0.2, 0) is 6.42 Å². The van der Waals surface area contributed by atoms with Gasteiger partial charge in [-0.15, -0.1) is 0 Å². The van der Waals surface area contributed by atoms with E-state index in [4.69, 9.17) is 10.9 Å². The van der Waals surface area contributed by atoms with Gasteiger partial charge < -0.3 is 16.3 Å². The van der Waals surface area contributed by atoms with Gasteiger partial charge in [-0.2, -0.15) is 11.3 Å². The van der Waals surface area contributed by atoms with Gasteiger partial charge in [-0.25, -0.2) is 0 Å². The van der Waals surface area contributed by atoms with Crippen LogP contribution in [0, 0.1) is 0 Å². The van der Waals surface area contributed by atoms with E-state index in [1.54, 1.807) is 35.6 Å². The lowest BCUT2D eigenvalue weighted by atomic mass is 10.1. The van der Waals surface area contributed by atoms with Crippen LogP contribution in [0.1, 0.15) is 21.5 Å². The molecule has 6 heteroatoms. The van der Waals surface area contributed by atoms with Gasteiger partial charge in [0.15, 0.2) is 5.84 Å². The Labute approximate surface area is 120 Å². The van der Waals surface area contributed by atoms with E-state index in [0.29, 0.717) is 17.7 Å². The van der Waals surface area contributed by atoms with Crippen LogP contribution in [-0.4, -0.2) is 23.5 Å². The summed E-state index contributed by atoms with van der Waals surface area (Å²) in [5.41, 5.74) is 7.79. The number of oxime groups is 1. The van der Waals surface area contributed by atoms with Crippen molar-refractivity contribution in [2.24, 2.45) is 10.9 Å². The molecular weight excluding hydrogens is 274 g/mol. The molecule has 5 nitrogen and oxygen atoms in total. The lowest BCUT2D eigenvalue weighted by Crippen LogP contribution is -2.25. The highest BCUT2D eigenvalue weighted by molar-refractivity contribution is 7.07. The van der Waals surface area contributed by atoms with E-state index in [0.717, 1.165) is 6.42 Å². The number of amides is 1. The zero-order chi connectivity index (χ0) is 14.4. The highest BCUT2D eigenvalue weighted by Gasteiger charge is 2.06. The molecule has 1 heterocycles. The summed E-state index contributed by atoms with van der Waals surface area (Å²) >= 11 is 1.65. The number of rotatable bonds is 5. The van der Waals surface area contributed by atoms with Gasteiger partial charge in [-0.3, -0.25) is 4.79 Å². The zero-order valence-electron chi connectivity index (χ0n) is 10.7. The summed E-state index contributed by atoms with van der Waals surface area (Å²) < 4.78 is 0. The molecule has 0 fully saturated rings. The second-order valence-electron chi connectivity index (χ2n) is 4.20. The average molecular weight is 289 g/mol. The van der Waals surface area contributed by atoms with E-state index >= 15 is 0 Å². The topological polar surface area (TPSA) is 87.7 Å². The first-order valence-electron chi connectivity index (χ1n) is 6.08. The third-order valence-corrected chi connectivity index (χ3v) is 3.56. The van der Waals surface area contributed by atoms with Crippen LogP contribution >= 0.6 is 11.3 Å². The molecule has 0 aliphatic heterocycles. The summed E-state index contributed by atoms with van der Waals surface area (Å²) in [6.45, 7) is 0.595. The maximum Gasteiger partial charge on any atom is 0.251 e. The molecule has 0 aliphatic carbocycles. The van der Waals surface area contributed by atoms with Gasteiger partial charge in [0.05, 0.1) is 0 Å². The molecule has 1 aromatic heterocycles. The maximum atomic E-state index is 11.9. The molecule has 0 spiro atoms. The smallest absolute Gasteiger partial charge is 0.251 e. The molecular formula is C14H15N3O2S. The van der Waals surface area contributed by atoms with Gasteiger partial charge in [-0.1, -0.05) is 17.3 Å².